The Morgan fingerprint density at radius 2 is 2.16 bits per heavy atom. The minimum Gasteiger partial charge on any atom is -0.370 e. The first-order valence-corrected chi connectivity index (χ1v) is 6.80. The van der Waals surface area contributed by atoms with E-state index in [4.69, 9.17) is 5.10 Å². The van der Waals surface area contributed by atoms with Gasteiger partial charge in [-0.25, -0.2) is 4.68 Å². The lowest BCUT2D eigenvalue weighted by atomic mass is 9.92. The average molecular weight is 256 g/mol. The summed E-state index contributed by atoms with van der Waals surface area (Å²) in [5.41, 5.74) is 2.28. The normalized spacial score (nSPS) is 18.8. The highest BCUT2D eigenvalue weighted by atomic mass is 15.4. The van der Waals surface area contributed by atoms with Crippen molar-refractivity contribution in [3.05, 3.63) is 41.9 Å². The van der Waals surface area contributed by atoms with Crippen molar-refractivity contribution in [2.45, 2.75) is 38.6 Å². The first-order valence-electron chi connectivity index (χ1n) is 6.80. The van der Waals surface area contributed by atoms with Crippen LogP contribution >= 0.6 is 0 Å². The molecular weight excluding hydrogens is 236 g/mol. The van der Waals surface area contributed by atoms with E-state index in [2.05, 4.69) is 47.9 Å². The third-order valence-corrected chi connectivity index (χ3v) is 3.55. The van der Waals surface area contributed by atoms with Crippen molar-refractivity contribution in [1.29, 1.82) is 0 Å². The first kappa shape index (κ1) is 12.2. The molecule has 2 aromatic rings. The fourth-order valence-electron chi connectivity index (χ4n) is 2.44. The fraction of sp³-hybridized carbons (Fsp3) is 0.467. The Balaban J connectivity index is 2.03. The number of pyridine rings is 1. The molecule has 3 heterocycles. The lowest BCUT2D eigenvalue weighted by Crippen LogP contribution is -2.25. The van der Waals surface area contributed by atoms with E-state index in [-0.39, 0.29) is 11.5 Å². The van der Waals surface area contributed by atoms with Crippen molar-refractivity contribution >= 4 is 5.82 Å². The molecule has 4 heteroatoms. The molecule has 0 saturated heterocycles. The zero-order valence-electron chi connectivity index (χ0n) is 11.7. The van der Waals surface area contributed by atoms with Gasteiger partial charge in [-0.2, -0.15) is 5.10 Å². The van der Waals surface area contributed by atoms with Crippen molar-refractivity contribution in [2.75, 3.05) is 11.9 Å². The van der Waals surface area contributed by atoms with E-state index < -0.39 is 0 Å². The van der Waals surface area contributed by atoms with Crippen LogP contribution in [0.4, 0.5) is 5.82 Å². The van der Waals surface area contributed by atoms with Gasteiger partial charge >= 0.3 is 0 Å². The van der Waals surface area contributed by atoms with Crippen LogP contribution in [0.5, 0.6) is 0 Å². The molecule has 0 aliphatic carbocycles. The van der Waals surface area contributed by atoms with E-state index in [0.717, 1.165) is 30.2 Å². The predicted molar refractivity (Wildman–Crippen MR) is 76.4 cm³/mol. The van der Waals surface area contributed by atoms with Crippen molar-refractivity contribution in [3.63, 3.8) is 0 Å². The summed E-state index contributed by atoms with van der Waals surface area (Å²) in [6.07, 6.45) is 2.88. The van der Waals surface area contributed by atoms with Crippen LogP contribution < -0.4 is 5.32 Å². The molecule has 0 saturated carbocycles. The van der Waals surface area contributed by atoms with Gasteiger partial charge in [-0.3, -0.25) is 4.98 Å². The van der Waals surface area contributed by atoms with E-state index in [9.17, 15) is 0 Å². The van der Waals surface area contributed by atoms with Gasteiger partial charge in [0.1, 0.15) is 5.82 Å². The molecule has 3 rings (SSSR count). The Hall–Kier alpha value is -1.84. The van der Waals surface area contributed by atoms with Crippen LogP contribution in [0.2, 0.25) is 0 Å². The molecule has 0 bridgehead atoms. The molecule has 0 fully saturated rings. The minimum atomic E-state index is 0.0701. The molecule has 0 radical (unpaired) electrons. The summed E-state index contributed by atoms with van der Waals surface area (Å²) in [7, 11) is 0. The van der Waals surface area contributed by atoms with Crippen LogP contribution in [0, 0.1) is 0 Å². The first-order chi connectivity index (χ1) is 9.05. The third kappa shape index (κ3) is 2.23. The maximum atomic E-state index is 4.79. The average Bonchev–Trinajstić information content (AvgIpc) is 2.83. The third-order valence-electron chi connectivity index (χ3n) is 3.55. The maximum Gasteiger partial charge on any atom is 0.125 e. The summed E-state index contributed by atoms with van der Waals surface area (Å²) >= 11 is 0. The SMILES string of the molecule is CC(C)(C)c1cc2n(n1)C(c1ccccn1)CCN2. The van der Waals surface area contributed by atoms with Crippen molar-refractivity contribution in [1.82, 2.24) is 14.8 Å². The number of hydrogen-bond acceptors (Lipinski definition) is 3. The zero-order valence-corrected chi connectivity index (χ0v) is 11.7. The number of aromatic nitrogens is 3. The summed E-state index contributed by atoms with van der Waals surface area (Å²) in [5.74, 6) is 1.10. The molecule has 19 heavy (non-hydrogen) atoms. The highest BCUT2D eigenvalue weighted by Crippen LogP contribution is 2.32. The monoisotopic (exact) mass is 256 g/mol. The molecule has 2 aromatic heterocycles. The number of nitrogens with one attached hydrogen (secondary N) is 1. The van der Waals surface area contributed by atoms with Crippen LogP contribution in [0.3, 0.4) is 0 Å². The van der Waals surface area contributed by atoms with E-state index in [1.165, 1.54) is 0 Å². The Kier molecular flexibility index (Phi) is 2.81. The van der Waals surface area contributed by atoms with Gasteiger partial charge in [-0.1, -0.05) is 26.8 Å². The molecule has 0 spiro atoms. The minimum absolute atomic E-state index is 0.0701. The molecule has 1 atom stereocenters. The topological polar surface area (TPSA) is 42.7 Å². The number of hydrogen-bond donors (Lipinski definition) is 1. The van der Waals surface area contributed by atoms with Crippen LogP contribution in [-0.4, -0.2) is 21.3 Å². The van der Waals surface area contributed by atoms with Gasteiger partial charge in [-0.05, 0) is 18.6 Å². The molecule has 1 aliphatic rings. The molecule has 1 unspecified atom stereocenters. The molecular formula is C15H20N4. The molecule has 1 aliphatic heterocycles. The summed E-state index contributed by atoms with van der Waals surface area (Å²) in [6.45, 7) is 7.54. The molecule has 4 nitrogen and oxygen atoms in total. The van der Waals surface area contributed by atoms with Gasteiger partial charge in [0.05, 0.1) is 17.4 Å². The zero-order chi connectivity index (χ0) is 13.5. The summed E-state index contributed by atoms with van der Waals surface area (Å²) in [6, 6.07) is 8.48. The van der Waals surface area contributed by atoms with Gasteiger partial charge in [0.15, 0.2) is 0 Å². The molecule has 100 valence electrons. The van der Waals surface area contributed by atoms with Gasteiger partial charge in [0.2, 0.25) is 0 Å². The van der Waals surface area contributed by atoms with Crippen LogP contribution in [0.25, 0.3) is 0 Å². The number of fused-ring (bicyclic) bond motifs is 1. The maximum absolute atomic E-state index is 4.79. The van der Waals surface area contributed by atoms with Gasteiger partial charge in [0.25, 0.3) is 0 Å². The van der Waals surface area contributed by atoms with E-state index in [1.54, 1.807) is 0 Å². The Bertz CT molecular complexity index is 566. The Morgan fingerprint density at radius 1 is 1.32 bits per heavy atom. The largest absolute Gasteiger partial charge is 0.370 e. The number of rotatable bonds is 1. The van der Waals surface area contributed by atoms with Crippen LogP contribution in [0.15, 0.2) is 30.5 Å². The Labute approximate surface area is 113 Å². The van der Waals surface area contributed by atoms with Gasteiger partial charge in [-0.15, -0.1) is 0 Å². The standard InChI is InChI=1S/C15H20N4/c1-15(2,3)13-10-14-17-9-7-12(19(14)18-13)11-6-4-5-8-16-11/h4-6,8,10,12,17H,7,9H2,1-3H3. The van der Waals surface area contributed by atoms with Crippen molar-refractivity contribution < 1.29 is 0 Å². The van der Waals surface area contributed by atoms with E-state index >= 15 is 0 Å². The van der Waals surface area contributed by atoms with E-state index in [0.29, 0.717) is 0 Å². The van der Waals surface area contributed by atoms with Crippen LogP contribution in [-0.2, 0) is 5.41 Å². The van der Waals surface area contributed by atoms with Gasteiger partial charge in [0, 0.05) is 24.2 Å². The van der Waals surface area contributed by atoms with Crippen molar-refractivity contribution in [2.24, 2.45) is 0 Å². The molecule has 0 aromatic carbocycles. The highest BCUT2D eigenvalue weighted by Gasteiger charge is 2.27. The second-order valence-electron chi connectivity index (χ2n) is 6.10. The summed E-state index contributed by atoms with van der Waals surface area (Å²) < 4.78 is 2.09. The lowest BCUT2D eigenvalue weighted by molar-refractivity contribution is 0.454. The van der Waals surface area contributed by atoms with Crippen molar-refractivity contribution in [3.8, 4) is 0 Å². The second kappa shape index (κ2) is 4.37. The smallest absolute Gasteiger partial charge is 0.125 e. The quantitative estimate of drug-likeness (QED) is 0.853. The van der Waals surface area contributed by atoms with Gasteiger partial charge < -0.3 is 5.32 Å². The van der Waals surface area contributed by atoms with E-state index in [1.807, 2.05) is 18.3 Å². The predicted octanol–water partition coefficient (Wildman–Crippen LogP) is 2.98. The highest BCUT2D eigenvalue weighted by molar-refractivity contribution is 5.42. The summed E-state index contributed by atoms with van der Waals surface area (Å²) in [4.78, 5) is 4.48. The Morgan fingerprint density at radius 3 is 2.84 bits per heavy atom. The second-order valence-corrected chi connectivity index (χ2v) is 6.10. The van der Waals surface area contributed by atoms with Crippen LogP contribution in [0.1, 0.15) is 44.6 Å². The lowest BCUT2D eigenvalue weighted by Gasteiger charge is -2.25. The molecule has 0 amide bonds. The number of anilines is 1. The number of nitrogens with zero attached hydrogens (tertiary/aromatic N) is 3. The fourth-order valence-corrected chi connectivity index (χ4v) is 2.44. The molecule has 1 N–H and O–H groups in total. The summed E-state index contributed by atoms with van der Waals surface area (Å²) in [5, 5.41) is 8.22.